The smallest absolute Gasteiger partial charge is 0.224 e. The van der Waals surface area contributed by atoms with E-state index < -0.39 is 0 Å². The van der Waals surface area contributed by atoms with Crippen LogP contribution < -0.4 is 15.8 Å². The van der Waals surface area contributed by atoms with Crippen molar-refractivity contribution in [2.75, 3.05) is 13.1 Å². The van der Waals surface area contributed by atoms with Gasteiger partial charge in [-0.2, -0.15) is 0 Å². The monoisotopic (exact) mass is 312 g/mol. The van der Waals surface area contributed by atoms with Gasteiger partial charge in [-0.3, -0.25) is 4.79 Å². The number of carbonyl (C=O) groups is 1. The Morgan fingerprint density at radius 2 is 1.78 bits per heavy atom. The highest BCUT2D eigenvalue weighted by molar-refractivity contribution is 5.78. The predicted octanol–water partition coefficient (Wildman–Crippen LogP) is 2.52. The molecule has 4 nitrogen and oxygen atoms in total. The fourth-order valence-electron chi connectivity index (χ4n) is 2.10. The molecule has 0 aromatic heterocycles. The molecule has 2 aromatic carbocycles. The van der Waals surface area contributed by atoms with Crippen LogP contribution in [0.4, 0.5) is 0 Å². The van der Waals surface area contributed by atoms with E-state index in [1.54, 1.807) is 0 Å². The zero-order chi connectivity index (χ0) is 16.5. The molecule has 1 unspecified atom stereocenters. The number of amides is 1. The highest BCUT2D eigenvalue weighted by Gasteiger charge is 2.09. The lowest BCUT2D eigenvalue weighted by Crippen LogP contribution is -2.34. The van der Waals surface area contributed by atoms with E-state index in [4.69, 9.17) is 10.5 Å². The summed E-state index contributed by atoms with van der Waals surface area (Å²) in [6.45, 7) is 3.38. The fraction of sp³-hybridized carbons (Fsp3) is 0.316. The molecule has 0 heterocycles. The van der Waals surface area contributed by atoms with Crippen LogP contribution in [0.25, 0.3) is 0 Å². The maximum Gasteiger partial charge on any atom is 0.224 e. The molecule has 0 spiro atoms. The molecule has 3 N–H and O–H groups in total. The summed E-state index contributed by atoms with van der Waals surface area (Å²) >= 11 is 0. The quantitative estimate of drug-likeness (QED) is 0.787. The minimum Gasteiger partial charge on any atom is -0.489 e. The first-order valence-corrected chi connectivity index (χ1v) is 7.92. The summed E-state index contributed by atoms with van der Waals surface area (Å²) in [6, 6.07) is 18.1. The zero-order valence-corrected chi connectivity index (χ0v) is 13.5. The Morgan fingerprint density at radius 1 is 1.09 bits per heavy atom. The van der Waals surface area contributed by atoms with Crippen LogP contribution in [-0.2, 0) is 17.8 Å². The number of nitrogens with two attached hydrogens (primary N) is 1. The molecule has 23 heavy (non-hydrogen) atoms. The van der Waals surface area contributed by atoms with Gasteiger partial charge in [0, 0.05) is 19.0 Å². The molecule has 0 aliphatic rings. The van der Waals surface area contributed by atoms with Gasteiger partial charge in [-0.25, -0.2) is 0 Å². The Kier molecular flexibility index (Phi) is 6.63. The lowest BCUT2D eigenvalue weighted by Gasteiger charge is -2.10. The summed E-state index contributed by atoms with van der Waals surface area (Å²) < 4.78 is 5.75. The lowest BCUT2D eigenvalue weighted by atomic mass is 10.1. The second-order valence-corrected chi connectivity index (χ2v) is 5.60. The zero-order valence-electron chi connectivity index (χ0n) is 13.5. The van der Waals surface area contributed by atoms with Crippen molar-refractivity contribution >= 4 is 5.91 Å². The van der Waals surface area contributed by atoms with Crippen molar-refractivity contribution in [1.29, 1.82) is 0 Å². The number of benzene rings is 2. The van der Waals surface area contributed by atoms with Gasteiger partial charge >= 0.3 is 0 Å². The third-order valence-electron chi connectivity index (χ3n) is 3.69. The molecule has 0 aliphatic carbocycles. The van der Waals surface area contributed by atoms with Crippen LogP contribution in [0, 0.1) is 5.92 Å². The van der Waals surface area contributed by atoms with E-state index in [1.165, 1.54) is 0 Å². The summed E-state index contributed by atoms with van der Waals surface area (Å²) in [7, 11) is 0. The molecule has 0 fully saturated rings. The number of rotatable bonds is 8. The van der Waals surface area contributed by atoms with Gasteiger partial charge in [-0.05, 0) is 29.7 Å². The highest BCUT2D eigenvalue weighted by atomic mass is 16.5. The molecular weight excluding hydrogens is 288 g/mol. The van der Waals surface area contributed by atoms with E-state index in [0.29, 0.717) is 19.7 Å². The van der Waals surface area contributed by atoms with Crippen molar-refractivity contribution in [3.63, 3.8) is 0 Å². The number of nitrogens with one attached hydrogen (secondary N) is 1. The molecule has 0 aliphatic heterocycles. The summed E-state index contributed by atoms with van der Waals surface area (Å²) in [5, 5.41) is 2.89. The van der Waals surface area contributed by atoms with E-state index in [2.05, 4.69) is 5.32 Å². The summed E-state index contributed by atoms with van der Waals surface area (Å²) in [6.07, 6.45) is 0.794. The molecule has 0 saturated heterocycles. The van der Waals surface area contributed by atoms with Gasteiger partial charge in [0.2, 0.25) is 5.91 Å². The first-order chi connectivity index (χ1) is 11.2. The van der Waals surface area contributed by atoms with Gasteiger partial charge in [0.1, 0.15) is 12.4 Å². The second-order valence-electron chi connectivity index (χ2n) is 5.60. The SMILES string of the molecule is CC(CN)C(=O)NCCc1ccc(OCc2ccccc2)cc1. The first kappa shape index (κ1) is 17.0. The lowest BCUT2D eigenvalue weighted by molar-refractivity contribution is -0.124. The van der Waals surface area contributed by atoms with Gasteiger partial charge in [0.25, 0.3) is 0 Å². The molecule has 2 aromatic rings. The Balaban J connectivity index is 1.75. The predicted molar refractivity (Wildman–Crippen MR) is 92.1 cm³/mol. The topological polar surface area (TPSA) is 64.4 Å². The third kappa shape index (κ3) is 5.75. The van der Waals surface area contributed by atoms with Crippen molar-refractivity contribution in [2.45, 2.75) is 20.0 Å². The van der Waals surface area contributed by atoms with E-state index >= 15 is 0 Å². The molecule has 4 heteroatoms. The number of hydrogen-bond acceptors (Lipinski definition) is 3. The summed E-state index contributed by atoms with van der Waals surface area (Å²) in [4.78, 5) is 11.6. The van der Waals surface area contributed by atoms with Crippen LogP contribution in [0.15, 0.2) is 54.6 Å². The Labute approximate surface area is 137 Å². The molecule has 0 radical (unpaired) electrons. The van der Waals surface area contributed by atoms with Gasteiger partial charge in [0.05, 0.1) is 0 Å². The minimum absolute atomic E-state index is 0.00955. The largest absolute Gasteiger partial charge is 0.489 e. The van der Waals surface area contributed by atoms with Gasteiger partial charge < -0.3 is 15.8 Å². The normalized spacial score (nSPS) is 11.7. The minimum atomic E-state index is -0.135. The molecule has 0 saturated carbocycles. The first-order valence-electron chi connectivity index (χ1n) is 7.92. The van der Waals surface area contributed by atoms with Crippen molar-refractivity contribution in [3.8, 4) is 5.75 Å². The van der Waals surface area contributed by atoms with E-state index in [9.17, 15) is 4.79 Å². The van der Waals surface area contributed by atoms with Gasteiger partial charge in [-0.1, -0.05) is 49.4 Å². The maximum atomic E-state index is 11.6. The van der Waals surface area contributed by atoms with Crippen LogP contribution in [0.5, 0.6) is 5.75 Å². The standard InChI is InChI=1S/C19H24N2O2/c1-15(13-20)19(22)21-12-11-16-7-9-18(10-8-16)23-14-17-5-3-2-4-6-17/h2-10,15H,11-14,20H2,1H3,(H,21,22). The second kappa shape index (κ2) is 8.96. The highest BCUT2D eigenvalue weighted by Crippen LogP contribution is 2.14. The number of carbonyl (C=O) groups excluding carboxylic acids is 1. The Bertz CT molecular complexity index is 597. The van der Waals surface area contributed by atoms with Crippen LogP contribution in [0.3, 0.4) is 0 Å². The molecular formula is C19H24N2O2. The third-order valence-corrected chi connectivity index (χ3v) is 3.69. The molecule has 0 bridgehead atoms. The van der Waals surface area contributed by atoms with E-state index in [-0.39, 0.29) is 11.8 Å². The van der Waals surface area contributed by atoms with Crippen molar-refractivity contribution < 1.29 is 9.53 Å². The van der Waals surface area contributed by atoms with Gasteiger partial charge in [0.15, 0.2) is 0 Å². The van der Waals surface area contributed by atoms with Crippen LogP contribution in [0.1, 0.15) is 18.1 Å². The molecule has 122 valence electrons. The maximum absolute atomic E-state index is 11.6. The van der Waals surface area contributed by atoms with Crippen molar-refractivity contribution in [2.24, 2.45) is 11.7 Å². The number of ether oxygens (including phenoxy) is 1. The molecule has 1 amide bonds. The van der Waals surface area contributed by atoms with E-state index in [0.717, 1.165) is 23.3 Å². The average Bonchev–Trinajstić information content (AvgIpc) is 2.61. The van der Waals surface area contributed by atoms with Crippen LogP contribution in [0.2, 0.25) is 0 Å². The average molecular weight is 312 g/mol. The van der Waals surface area contributed by atoms with E-state index in [1.807, 2.05) is 61.5 Å². The van der Waals surface area contributed by atoms with Crippen LogP contribution in [-0.4, -0.2) is 19.0 Å². The Hall–Kier alpha value is -2.33. The fourth-order valence-corrected chi connectivity index (χ4v) is 2.10. The molecule has 2 rings (SSSR count). The van der Waals surface area contributed by atoms with Crippen molar-refractivity contribution in [1.82, 2.24) is 5.32 Å². The summed E-state index contributed by atoms with van der Waals surface area (Å²) in [5.41, 5.74) is 7.78. The van der Waals surface area contributed by atoms with Crippen molar-refractivity contribution in [3.05, 3.63) is 65.7 Å². The Morgan fingerprint density at radius 3 is 2.43 bits per heavy atom. The number of hydrogen-bond donors (Lipinski definition) is 2. The summed E-state index contributed by atoms with van der Waals surface area (Å²) in [5.74, 6) is 0.720. The van der Waals surface area contributed by atoms with Gasteiger partial charge in [-0.15, -0.1) is 0 Å². The molecule has 1 atom stereocenters. The van der Waals surface area contributed by atoms with Crippen LogP contribution >= 0.6 is 0 Å².